The summed E-state index contributed by atoms with van der Waals surface area (Å²) in [6, 6.07) is 5.96. The third kappa shape index (κ3) is 5.44. The molecule has 0 spiro atoms. The van der Waals surface area contributed by atoms with Crippen LogP contribution < -0.4 is 5.73 Å². The second-order valence-corrected chi connectivity index (χ2v) is 4.24. The van der Waals surface area contributed by atoms with Crippen molar-refractivity contribution in [1.82, 2.24) is 4.90 Å². The van der Waals surface area contributed by atoms with Gasteiger partial charge in [0.2, 0.25) is 5.91 Å². The molecule has 1 aromatic carbocycles. The Kier molecular flexibility index (Phi) is 5.60. The molecular weight excluding hydrogens is 266 g/mol. The number of nitrogens with zero attached hydrogens (tertiary/aromatic N) is 2. The van der Waals surface area contributed by atoms with E-state index in [0.29, 0.717) is 13.0 Å². The van der Waals surface area contributed by atoms with Crippen LogP contribution in [0.15, 0.2) is 24.3 Å². The van der Waals surface area contributed by atoms with Crippen molar-refractivity contribution in [1.29, 1.82) is 0 Å². The molecule has 20 heavy (non-hydrogen) atoms. The normalized spacial score (nSPS) is 10.4. The van der Waals surface area contributed by atoms with E-state index in [0.717, 1.165) is 5.56 Å². The molecule has 0 aliphatic carbocycles. The molecule has 0 heterocycles. The number of aliphatic carboxylic acids is 1. The van der Waals surface area contributed by atoms with Crippen molar-refractivity contribution in [2.75, 3.05) is 19.6 Å². The number of nitro benzene ring substituents is 1. The zero-order valence-corrected chi connectivity index (χ0v) is 10.7. The Balaban J connectivity index is 2.59. The molecule has 8 heteroatoms. The van der Waals surface area contributed by atoms with E-state index < -0.39 is 16.8 Å². The van der Waals surface area contributed by atoms with Gasteiger partial charge in [-0.2, -0.15) is 0 Å². The fraction of sp³-hybridized carbons (Fsp3) is 0.333. The number of hydrogen-bond donors (Lipinski definition) is 2. The topological polar surface area (TPSA) is 127 Å². The van der Waals surface area contributed by atoms with Gasteiger partial charge in [-0.05, 0) is 12.0 Å². The Morgan fingerprint density at radius 1 is 1.25 bits per heavy atom. The minimum Gasteiger partial charge on any atom is -0.480 e. The maximum Gasteiger partial charge on any atom is 0.317 e. The lowest BCUT2D eigenvalue weighted by molar-refractivity contribution is -0.384. The van der Waals surface area contributed by atoms with Crippen molar-refractivity contribution in [2.45, 2.75) is 6.42 Å². The summed E-state index contributed by atoms with van der Waals surface area (Å²) >= 11 is 0. The number of nitrogens with two attached hydrogens (primary N) is 1. The van der Waals surface area contributed by atoms with Crippen molar-refractivity contribution < 1.29 is 19.6 Å². The second-order valence-electron chi connectivity index (χ2n) is 4.24. The van der Waals surface area contributed by atoms with E-state index in [-0.39, 0.29) is 18.8 Å². The molecule has 0 radical (unpaired) electrons. The highest BCUT2D eigenvalue weighted by molar-refractivity contribution is 5.77. The first kappa shape index (κ1) is 15.6. The van der Waals surface area contributed by atoms with Gasteiger partial charge in [0.1, 0.15) is 0 Å². The lowest BCUT2D eigenvalue weighted by atomic mass is 10.1. The first-order valence-electron chi connectivity index (χ1n) is 5.84. The quantitative estimate of drug-likeness (QED) is 0.510. The van der Waals surface area contributed by atoms with E-state index in [1.54, 1.807) is 12.1 Å². The molecule has 0 aliphatic heterocycles. The minimum absolute atomic E-state index is 0.00622. The summed E-state index contributed by atoms with van der Waals surface area (Å²) in [5, 5.41) is 19.2. The van der Waals surface area contributed by atoms with Crippen LogP contribution in [0.3, 0.4) is 0 Å². The second kappa shape index (κ2) is 7.19. The van der Waals surface area contributed by atoms with Crippen molar-refractivity contribution in [3.63, 3.8) is 0 Å². The average molecular weight is 281 g/mol. The van der Waals surface area contributed by atoms with Crippen LogP contribution in [0, 0.1) is 10.1 Å². The first-order chi connectivity index (χ1) is 9.38. The maximum atomic E-state index is 10.8. The predicted octanol–water partition coefficient (Wildman–Crippen LogP) is 0.00920. The summed E-state index contributed by atoms with van der Waals surface area (Å²) in [4.78, 5) is 32.9. The SMILES string of the molecule is NC(=O)CN(CCc1ccc([N+](=O)[O-])cc1)CC(=O)O. The van der Waals surface area contributed by atoms with Gasteiger partial charge in [-0.25, -0.2) is 0 Å². The number of carbonyl (C=O) groups is 2. The smallest absolute Gasteiger partial charge is 0.317 e. The molecule has 0 unspecified atom stereocenters. The van der Waals surface area contributed by atoms with Gasteiger partial charge in [0, 0.05) is 18.7 Å². The average Bonchev–Trinajstić information content (AvgIpc) is 2.35. The highest BCUT2D eigenvalue weighted by Crippen LogP contribution is 2.12. The van der Waals surface area contributed by atoms with Gasteiger partial charge >= 0.3 is 5.97 Å². The number of carboxylic acid groups (broad SMARTS) is 1. The fourth-order valence-corrected chi connectivity index (χ4v) is 1.70. The maximum absolute atomic E-state index is 10.8. The number of primary amides is 1. The van der Waals surface area contributed by atoms with Gasteiger partial charge in [-0.15, -0.1) is 0 Å². The molecule has 0 aromatic heterocycles. The van der Waals surface area contributed by atoms with E-state index in [9.17, 15) is 19.7 Å². The summed E-state index contributed by atoms with van der Waals surface area (Å²) in [7, 11) is 0. The molecule has 0 bridgehead atoms. The van der Waals surface area contributed by atoms with E-state index in [4.69, 9.17) is 10.8 Å². The fourth-order valence-electron chi connectivity index (χ4n) is 1.70. The van der Waals surface area contributed by atoms with E-state index in [1.807, 2.05) is 0 Å². The van der Waals surface area contributed by atoms with Crippen LogP contribution >= 0.6 is 0 Å². The van der Waals surface area contributed by atoms with Crippen molar-refractivity contribution in [3.8, 4) is 0 Å². The van der Waals surface area contributed by atoms with Crippen molar-refractivity contribution in [2.24, 2.45) is 5.73 Å². The molecule has 0 saturated carbocycles. The van der Waals surface area contributed by atoms with Gasteiger partial charge in [-0.1, -0.05) is 12.1 Å². The van der Waals surface area contributed by atoms with E-state index in [1.165, 1.54) is 17.0 Å². The van der Waals surface area contributed by atoms with E-state index >= 15 is 0 Å². The molecule has 1 aromatic rings. The van der Waals surface area contributed by atoms with Gasteiger partial charge < -0.3 is 10.8 Å². The molecule has 8 nitrogen and oxygen atoms in total. The Labute approximate surface area is 114 Å². The molecule has 0 aliphatic rings. The number of non-ortho nitro benzene ring substituents is 1. The Morgan fingerprint density at radius 3 is 2.30 bits per heavy atom. The summed E-state index contributed by atoms with van der Waals surface area (Å²) in [5.41, 5.74) is 5.85. The van der Waals surface area contributed by atoms with Gasteiger partial charge in [0.25, 0.3) is 5.69 Å². The monoisotopic (exact) mass is 281 g/mol. The van der Waals surface area contributed by atoms with Gasteiger partial charge in [0.05, 0.1) is 18.0 Å². The highest BCUT2D eigenvalue weighted by Gasteiger charge is 2.12. The van der Waals surface area contributed by atoms with Crippen LogP contribution in [0.1, 0.15) is 5.56 Å². The van der Waals surface area contributed by atoms with Crippen LogP contribution in [0.4, 0.5) is 5.69 Å². The highest BCUT2D eigenvalue weighted by atomic mass is 16.6. The van der Waals surface area contributed by atoms with Crippen LogP contribution in [0.5, 0.6) is 0 Å². The van der Waals surface area contributed by atoms with Crippen LogP contribution in [-0.2, 0) is 16.0 Å². The van der Waals surface area contributed by atoms with Crippen molar-refractivity contribution in [3.05, 3.63) is 39.9 Å². The molecule has 1 rings (SSSR count). The van der Waals surface area contributed by atoms with Crippen LogP contribution in [-0.4, -0.2) is 46.4 Å². The predicted molar refractivity (Wildman–Crippen MR) is 70.1 cm³/mol. The van der Waals surface area contributed by atoms with Gasteiger partial charge in [-0.3, -0.25) is 24.6 Å². The molecule has 0 fully saturated rings. The Hall–Kier alpha value is -2.48. The number of rotatable bonds is 8. The number of hydrogen-bond acceptors (Lipinski definition) is 5. The Bertz CT molecular complexity index is 484. The van der Waals surface area contributed by atoms with Gasteiger partial charge in [0.15, 0.2) is 0 Å². The van der Waals surface area contributed by atoms with E-state index in [2.05, 4.69) is 0 Å². The van der Waals surface area contributed by atoms with Crippen LogP contribution in [0.25, 0.3) is 0 Å². The summed E-state index contributed by atoms with van der Waals surface area (Å²) in [6.45, 7) is -0.0950. The Morgan fingerprint density at radius 2 is 1.85 bits per heavy atom. The molecule has 108 valence electrons. The lowest BCUT2D eigenvalue weighted by Gasteiger charge is -2.18. The molecule has 3 N–H and O–H groups in total. The molecular formula is C12H15N3O5. The molecule has 0 atom stereocenters. The number of carbonyl (C=O) groups excluding carboxylic acids is 1. The standard InChI is InChI=1S/C12H15N3O5/c13-11(16)7-14(8-12(17)18)6-5-9-1-3-10(4-2-9)15(19)20/h1-4H,5-8H2,(H2,13,16)(H,17,18). The summed E-state index contributed by atoms with van der Waals surface area (Å²) in [5.74, 6) is -1.65. The largest absolute Gasteiger partial charge is 0.480 e. The minimum atomic E-state index is -1.05. The summed E-state index contributed by atoms with van der Waals surface area (Å²) in [6.07, 6.45) is 0.471. The molecule has 0 saturated heterocycles. The summed E-state index contributed by atoms with van der Waals surface area (Å²) < 4.78 is 0. The number of carboxylic acids is 1. The number of nitro groups is 1. The number of amides is 1. The zero-order chi connectivity index (χ0) is 15.1. The zero-order valence-electron chi connectivity index (χ0n) is 10.7. The lowest BCUT2D eigenvalue weighted by Crippen LogP contribution is -2.38. The number of benzene rings is 1. The third-order valence-corrected chi connectivity index (χ3v) is 2.60. The first-order valence-corrected chi connectivity index (χ1v) is 5.84. The van der Waals surface area contributed by atoms with Crippen LogP contribution in [0.2, 0.25) is 0 Å². The molecule has 1 amide bonds. The third-order valence-electron chi connectivity index (χ3n) is 2.60. The van der Waals surface area contributed by atoms with Crippen molar-refractivity contribution >= 4 is 17.6 Å².